The Balaban J connectivity index is 1.76. The minimum Gasteiger partial charge on any atom is -0.265 e. The van der Waals surface area contributed by atoms with Crippen LogP contribution in [0.25, 0.3) is 0 Å². The van der Waals surface area contributed by atoms with Gasteiger partial charge >= 0.3 is 5.69 Å². The van der Waals surface area contributed by atoms with E-state index in [2.05, 4.69) is 31.6 Å². The predicted octanol–water partition coefficient (Wildman–Crippen LogP) is 3.51. The highest BCUT2D eigenvalue weighted by Gasteiger charge is 2.25. The van der Waals surface area contributed by atoms with Crippen molar-refractivity contribution in [2.45, 2.75) is 6.54 Å². The van der Waals surface area contributed by atoms with Crippen molar-refractivity contribution in [2.75, 3.05) is 0 Å². The Morgan fingerprint density at radius 2 is 2.07 bits per heavy atom. The number of nitro groups is 1. The number of hydrogen-bond acceptors (Lipinski definition) is 5. The molecule has 3 aromatic rings. The maximum Gasteiger partial charge on any atom is 0.320 e. The van der Waals surface area contributed by atoms with Gasteiger partial charge in [0.1, 0.15) is 12.0 Å². The van der Waals surface area contributed by atoms with E-state index in [1.165, 1.54) is 41.4 Å². The molecule has 0 aliphatic carbocycles. The molecule has 1 N–H and O–H groups in total. The molecule has 0 atom stereocenters. The number of rotatable bonds is 6. The van der Waals surface area contributed by atoms with Gasteiger partial charge in [-0.05, 0) is 35.4 Å². The number of aromatic nitrogens is 2. The van der Waals surface area contributed by atoms with Crippen LogP contribution in [0.1, 0.15) is 21.6 Å². The summed E-state index contributed by atoms with van der Waals surface area (Å²) in [4.78, 5) is 22.8. The Labute approximate surface area is 167 Å². The first kappa shape index (κ1) is 19.4. The molecule has 0 aliphatic heterocycles. The summed E-state index contributed by atoms with van der Waals surface area (Å²) in [7, 11) is 0. The lowest BCUT2D eigenvalue weighted by Gasteiger charge is -2.01. The summed E-state index contributed by atoms with van der Waals surface area (Å²) in [5.74, 6) is -1.22. The summed E-state index contributed by atoms with van der Waals surface area (Å²) in [6, 6.07) is 12.8. The van der Waals surface area contributed by atoms with Crippen molar-refractivity contribution in [1.82, 2.24) is 15.2 Å². The van der Waals surface area contributed by atoms with Gasteiger partial charge in [0.15, 0.2) is 0 Å². The SMILES string of the molecule is O=C(NN=Cc1ccc(F)cc1)c1nn(Cc2cccc(Br)c2)cc1[N+](=O)[O-]. The van der Waals surface area contributed by atoms with Gasteiger partial charge in [-0.1, -0.05) is 40.2 Å². The first-order valence-corrected chi connectivity index (χ1v) is 8.77. The number of amides is 1. The molecule has 0 saturated carbocycles. The van der Waals surface area contributed by atoms with Crippen LogP contribution in [0.5, 0.6) is 0 Å². The Hall–Kier alpha value is -3.40. The van der Waals surface area contributed by atoms with Crippen molar-refractivity contribution in [3.63, 3.8) is 0 Å². The standard InChI is InChI=1S/C18H13BrFN5O3/c19-14-3-1-2-13(8-14)10-24-11-16(25(27)28)17(23-24)18(26)22-21-9-12-4-6-15(20)7-5-12/h1-9,11H,10H2,(H,22,26). The lowest BCUT2D eigenvalue weighted by Crippen LogP contribution is -2.19. The van der Waals surface area contributed by atoms with Gasteiger partial charge in [-0.3, -0.25) is 19.6 Å². The van der Waals surface area contributed by atoms with Crippen LogP contribution in [-0.4, -0.2) is 26.8 Å². The molecule has 10 heteroatoms. The van der Waals surface area contributed by atoms with Crippen LogP contribution in [0.2, 0.25) is 0 Å². The van der Waals surface area contributed by atoms with Crippen LogP contribution >= 0.6 is 15.9 Å². The molecule has 0 aliphatic rings. The van der Waals surface area contributed by atoms with Gasteiger partial charge in [0.25, 0.3) is 5.91 Å². The average molecular weight is 446 g/mol. The van der Waals surface area contributed by atoms with E-state index >= 15 is 0 Å². The van der Waals surface area contributed by atoms with E-state index in [0.29, 0.717) is 5.56 Å². The van der Waals surface area contributed by atoms with Gasteiger partial charge in [0.05, 0.1) is 17.7 Å². The zero-order valence-electron chi connectivity index (χ0n) is 14.3. The van der Waals surface area contributed by atoms with Crippen LogP contribution in [0.3, 0.4) is 0 Å². The Bertz CT molecular complexity index is 1050. The summed E-state index contributed by atoms with van der Waals surface area (Å²) in [5, 5.41) is 19.0. The van der Waals surface area contributed by atoms with E-state index in [-0.39, 0.29) is 12.2 Å². The van der Waals surface area contributed by atoms with E-state index < -0.39 is 22.3 Å². The third-order valence-corrected chi connectivity index (χ3v) is 4.13. The first-order valence-electron chi connectivity index (χ1n) is 7.97. The zero-order chi connectivity index (χ0) is 20.1. The normalized spacial score (nSPS) is 10.9. The molecule has 0 spiro atoms. The fourth-order valence-corrected chi connectivity index (χ4v) is 2.82. The Morgan fingerprint density at radius 1 is 1.32 bits per heavy atom. The van der Waals surface area contributed by atoms with Crippen LogP contribution < -0.4 is 5.43 Å². The highest BCUT2D eigenvalue weighted by molar-refractivity contribution is 9.10. The molecule has 0 radical (unpaired) electrons. The monoisotopic (exact) mass is 445 g/mol. The van der Waals surface area contributed by atoms with Crippen LogP contribution in [-0.2, 0) is 6.54 Å². The van der Waals surface area contributed by atoms with Crippen molar-refractivity contribution in [3.8, 4) is 0 Å². The third kappa shape index (κ3) is 4.86. The van der Waals surface area contributed by atoms with Crippen LogP contribution in [0.15, 0.2) is 64.3 Å². The summed E-state index contributed by atoms with van der Waals surface area (Å²) < 4.78 is 15.0. The first-order chi connectivity index (χ1) is 13.4. The van der Waals surface area contributed by atoms with E-state index in [0.717, 1.165) is 10.0 Å². The number of benzene rings is 2. The van der Waals surface area contributed by atoms with Gasteiger partial charge in [0, 0.05) is 4.47 Å². The highest BCUT2D eigenvalue weighted by Crippen LogP contribution is 2.19. The lowest BCUT2D eigenvalue weighted by atomic mass is 10.2. The molecule has 1 aromatic heterocycles. The lowest BCUT2D eigenvalue weighted by molar-refractivity contribution is -0.385. The van der Waals surface area contributed by atoms with Crippen molar-refractivity contribution in [1.29, 1.82) is 0 Å². The number of nitrogens with zero attached hydrogens (tertiary/aromatic N) is 4. The molecule has 0 fully saturated rings. The molecule has 28 heavy (non-hydrogen) atoms. The molecule has 1 heterocycles. The zero-order valence-corrected chi connectivity index (χ0v) is 15.8. The summed E-state index contributed by atoms with van der Waals surface area (Å²) in [6.45, 7) is 0.256. The average Bonchev–Trinajstić information content (AvgIpc) is 3.07. The van der Waals surface area contributed by atoms with Gasteiger partial charge in [-0.2, -0.15) is 10.2 Å². The number of hydrazone groups is 1. The summed E-state index contributed by atoms with van der Waals surface area (Å²) in [6.07, 6.45) is 2.49. The van der Waals surface area contributed by atoms with Crippen molar-refractivity contribution < 1.29 is 14.1 Å². The van der Waals surface area contributed by atoms with E-state index in [1.54, 1.807) is 0 Å². The summed E-state index contributed by atoms with van der Waals surface area (Å²) >= 11 is 3.35. The second-order valence-corrected chi connectivity index (χ2v) is 6.61. The van der Waals surface area contributed by atoms with E-state index in [1.807, 2.05) is 24.3 Å². The third-order valence-electron chi connectivity index (χ3n) is 3.64. The van der Waals surface area contributed by atoms with Gasteiger partial charge < -0.3 is 0 Å². The van der Waals surface area contributed by atoms with E-state index in [4.69, 9.17) is 0 Å². The molecule has 2 aromatic carbocycles. The topological polar surface area (TPSA) is 102 Å². The molecular formula is C18H13BrFN5O3. The predicted molar refractivity (Wildman–Crippen MR) is 104 cm³/mol. The van der Waals surface area contributed by atoms with Crippen molar-refractivity contribution in [2.24, 2.45) is 5.10 Å². The Kier molecular flexibility index (Phi) is 5.90. The van der Waals surface area contributed by atoms with Crippen molar-refractivity contribution in [3.05, 3.63) is 92.0 Å². The fourth-order valence-electron chi connectivity index (χ4n) is 2.38. The molecule has 142 valence electrons. The quantitative estimate of drug-likeness (QED) is 0.356. The molecule has 0 unspecified atom stereocenters. The van der Waals surface area contributed by atoms with Crippen LogP contribution in [0, 0.1) is 15.9 Å². The van der Waals surface area contributed by atoms with E-state index in [9.17, 15) is 19.3 Å². The molecule has 8 nitrogen and oxygen atoms in total. The molecule has 0 bridgehead atoms. The Morgan fingerprint density at radius 3 is 2.75 bits per heavy atom. The minimum atomic E-state index is -0.821. The van der Waals surface area contributed by atoms with Crippen LogP contribution in [0.4, 0.5) is 10.1 Å². The highest BCUT2D eigenvalue weighted by atomic mass is 79.9. The maximum absolute atomic E-state index is 12.9. The molecule has 3 rings (SSSR count). The second kappa shape index (κ2) is 8.53. The molecule has 1 amide bonds. The number of halogens is 2. The maximum atomic E-state index is 12.9. The molecular weight excluding hydrogens is 433 g/mol. The second-order valence-electron chi connectivity index (χ2n) is 5.70. The van der Waals surface area contributed by atoms with Gasteiger partial charge in [-0.15, -0.1) is 0 Å². The number of nitrogens with one attached hydrogen (secondary N) is 1. The number of carbonyl (C=O) groups is 1. The minimum absolute atomic E-state index is 0.256. The van der Waals surface area contributed by atoms with Gasteiger partial charge in [-0.25, -0.2) is 9.82 Å². The van der Waals surface area contributed by atoms with Gasteiger partial charge in [0.2, 0.25) is 5.69 Å². The smallest absolute Gasteiger partial charge is 0.265 e. The fraction of sp³-hybridized carbons (Fsp3) is 0.0556. The molecule has 0 saturated heterocycles. The largest absolute Gasteiger partial charge is 0.320 e. The van der Waals surface area contributed by atoms with Crippen molar-refractivity contribution >= 4 is 33.7 Å². The number of hydrogen-bond donors (Lipinski definition) is 1. The number of carbonyl (C=O) groups excluding carboxylic acids is 1. The summed E-state index contributed by atoms with van der Waals surface area (Å²) in [5.41, 5.74) is 2.82.